The number of sulfonamides is 1. The molecule has 0 saturated heterocycles. The monoisotopic (exact) mass is 345 g/mol. The van der Waals surface area contributed by atoms with Crippen molar-refractivity contribution in [2.75, 3.05) is 11.4 Å². The highest BCUT2D eigenvalue weighted by atomic mass is 32.2. The Bertz CT molecular complexity index is 915. The molecule has 0 unspecified atom stereocenters. The molecule has 1 aliphatic heterocycles. The topological polar surface area (TPSA) is 63.7 Å². The van der Waals surface area contributed by atoms with Gasteiger partial charge in [-0.2, -0.15) is 0 Å². The van der Waals surface area contributed by atoms with E-state index in [4.69, 9.17) is 4.74 Å². The average molecular weight is 345 g/mol. The number of anilines is 1. The van der Waals surface area contributed by atoms with E-state index in [1.54, 1.807) is 44.2 Å². The summed E-state index contributed by atoms with van der Waals surface area (Å²) in [5, 5.41) is 0. The summed E-state index contributed by atoms with van der Waals surface area (Å²) in [5.41, 5.74) is 1.05. The molecule has 0 aliphatic carbocycles. The second-order valence-corrected chi connectivity index (χ2v) is 8.18. The number of hydrogen-bond acceptors (Lipinski definition) is 4. The van der Waals surface area contributed by atoms with Gasteiger partial charge >= 0.3 is 0 Å². The lowest BCUT2D eigenvalue weighted by Crippen LogP contribution is -2.40. The minimum Gasteiger partial charge on any atom is -0.497 e. The van der Waals surface area contributed by atoms with Gasteiger partial charge in [0.2, 0.25) is 0 Å². The third-order valence-corrected chi connectivity index (χ3v) is 6.09. The summed E-state index contributed by atoms with van der Waals surface area (Å²) < 4.78 is 32.2. The van der Waals surface area contributed by atoms with Crippen LogP contribution in [0.3, 0.4) is 0 Å². The number of benzene rings is 2. The van der Waals surface area contributed by atoms with Gasteiger partial charge in [-0.15, -0.1) is 0 Å². The number of aryl methyl sites for hydroxylation is 1. The van der Waals surface area contributed by atoms with Gasteiger partial charge in [0.25, 0.3) is 15.9 Å². The predicted molar refractivity (Wildman–Crippen MR) is 91.9 cm³/mol. The molecule has 1 heterocycles. The van der Waals surface area contributed by atoms with Crippen LogP contribution in [-0.2, 0) is 20.2 Å². The Morgan fingerprint density at radius 3 is 2.25 bits per heavy atom. The van der Waals surface area contributed by atoms with Crippen LogP contribution in [-0.4, -0.2) is 21.4 Å². The van der Waals surface area contributed by atoms with E-state index in [2.05, 4.69) is 0 Å². The molecular weight excluding hydrogens is 326 g/mol. The van der Waals surface area contributed by atoms with Crippen LogP contribution in [0, 0.1) is 6.92 Å². The molecular formula is C18H19NO4S. The molecule has 6 heteroatoms. The van der Waals surface area contributed by atoms with Gasteiger partial charge in [-0.25, -0.2) is 12.7 Å². The van der Waals surface area contributed by atoms with Gasteiger partial charge in [-0.05, 0) is 44.5 Å². The number of carbonyl (C=O) groups excluding carboxylic acids is 1. The van der Waals surface area contributed by atoms with Gasteiger partial charge in [0, 0.05) is 6.07 Å². The zero-order chi connectivity index (χ0) is 17.7. The molecule has 1 aliphatic rings. The van der Waals surface area contributed by atoms with Gasteiger partial charge in [-0.1, -0.05) is 23.8 Å². The number of nitrogens with zero attached hydrogens (tertiary/aromatic N) is 1. The Kier molecular flexibility index (Phi) is 3.68. The molecule has 0 atom stereocenters. The number of methoxy groups -OCH3 is 1. The molecule has 1 amide bonds. The lowest BCUT2D eigenvalue weighted by Gasteiger charge is -2.20. The predicted octanol–water partition coefficient (Wildman–Crippen LogP) is 3.02. The molecule has 0 N–H and O–H groups in total. The third kappa shape index (κ3) is 2.29. The second-order valence-electron chi connectivity index (χ2n) is 6.40. The van der Waals surface area contributed by atoms with Crippen molar-refractivity contribution in [3.63, 3.8) is 0 Å². The molecule has 24 heavy (non-hydrogen) atoms. The Hall–Kier alpha value is -2.34. The van der Waals surface area contributed by atoms with Crippen molar-refractivity contribution in [2.24, 2.45) is 0 Å². The molecule has 0 radical (unpaired) electrons. The zero-order valence-corrected chi connectivity index (χ0v) is 14.8. The maximum atomic E-state index is 13.1. The first-order chi connectivity index (χ1) is 11.2. The lowest BCUT2D eigenvalue weighted by molar-refractivity contribution is -0.120. The second kappa shape index (κ2) is 5.34. The van der Waals surface area contributed by atoms with Crippen molar-refractivity contribution in [1.29, 1.82) is 0 Å². The number of hydrogen-bond donors (Lipinski definition) is 0. The fraction of sp³-hybridized carbons (Fsp3) is 0.278. The van der Waals surface area contributed by atoms with Crippen molar-refractivity contribution in [3.8, 4) is 5.75 Å². The maximum absolute atomic E-state index is 13.1. The molecule has 0 saturated carbocycles. The van der Waals surface area contributed by atoms with E-state index >= 15 is 0 Å². The van der Waals surface area contributed by atoms with Crippen molar-refractivity contribution < 1.29 is 17.9 Å². The highest BCUT2D eigenvalue weighted by Gasteiger charge is 2.49. The molecule has 3 rings (SSSR count). The summed E-state index contributed by atoms with van der Waals surface area (Å²) >= 11 is 0. The normalized spacial score (nSPS) is 16.2. The van der Waals surface area contributed by atoms with Gasteiger partial charge in [0.15, 0.2) is 0 Å². The number of amides is 1. The van der Waals surface area contributed by atoms with Crippen molar-refractivity contribution >= 4 is 21.6 Å². The fourth-order valence-electron chi connectivity index (χ4n) is 2.87. The zero-order valence-electron chi connectivity index (χ0n) is 14.0. The summed E-state index contributed by atoms with van der Waals surface area (Å²) in [4.78, 5) is 13.0. The molecule has 0 aromatic heterocycles. The Morgan fingerprint density at radius 2 is 1.67 bits per heavy atom. The Balaban J connectivity index is 2.22. The molecule has 0 spiro atoms. The van der Waals surface area contributed by atoms with Gasteiger partial charge in [-0.3, -0.25) is 4.79 Å². The minimum atomic E-state index is -3.99. The standard InChI is InChI=1S/C18H19NO4S/c1-12-5-8-14(9-6-12)24(21,22)19-16-11-13(23-4)7-10-15(16)18(2,3)17(19)20/h5-11H,1-4H3. The largest absolute Gasteiger partial charge is 0.497 e. The van der Waals surface area contributed by atoms with Crippen LogP contribution in [0.5, 0.6) is 5.75 Å². The van der Waals surface area contributed by atoms with E-state index < -0.39 is 21.3 Å². The maximum Gasteiger partial charge on any atom is 0.270 e. The summed E-state index contributed by atoms with van der Waals surface area (Å²) in [6, 6.07) is 11.5. The molecule has 5 nitrogen and oxygen atoms in total. The minimum absolute atomic E-state index is 0.0907. The summed E-state index contributed by atoms with van der Waals surface area (Å²) in [6.07, 6.45) is 0. The third-order valence-electron chi connectivity index (χ3n) is 4.38. The van der Waals surface area contributed by atoms with E-state index in [0.29, 0.717) is 17.0 Å². The number of carbonyl (C=O) groups is 1. The average Bonchev–Trinajstić information content (AvgIpc) is 2.74. The Morgan fingerprint density at radius 1 is 1.04 bits per heavy atom. The van der Waals surface area contributed by atoms with Crippen LogP contribution < -0.4 is 9.04 Å². The van der Waals surface area contributed by atoms with Crippen LogP contribution in [0.15, 0.2) is 47.4 Å². The van der Waals surface area contributed by atoms with E-state index in [-0.39, 0.29) is 4.90 Å². The van der Waals surface area contributed by atoms with Gasteiger partial charge < -0.3 is 4.74 Å². The highest BCUT2D eigenvalue weighted by Crippen LogP contribution is 2.45. The number of rotatable bonds is 3. The Labute approximate surface area is 141 Å². The van der Waals surface area contributed by atoms with E-state index in [0.717, 1.165) is 9.87 Å². The fourth-order valence-corrected chi connectivity index (χ4v) is 4.42. The van der Waals surface area contributed by atoms with E-state index in [9.17, 15) is 13.2 Å². The van der Waals surface area contributed by atoms with Crippen LogP contribution >= 0.6 is 0 Å². The highest BCUT2D eigenvalue weighted by molar-refractivity contribution is 7.93. The lowest BCUT2D eigenvalue weighted by atomic mass is 9.86. The molecule has 2 aromatic rings. The molecule has 0 fully saturated rings. The first-order valence-corrected chi connectivity index (χ1v) is 8.98. The molecule has 2 aromatic carbocycles. The van der Waals surface area contributed by atoms with E-state index in [1.165, 1.54) is 19.2 Å². The number of fused-ring (bicyclic) bond motifs is 1. The summed E-state index contributed by atoms with van der Waals surface area (Å²) in [7, 11) is -2.48. The van der Waals surface area contributed by atoms with E-state index in [1.807, 2.05) is 6.92 Å². The van der Waals surface area contributed by atoms with Crippen LogP contribution in [0.4, 0.5) is 5.69 Å². The quantitative estimate of drug-likeness (QED) is 0.858. The SMILES string of the molecule is COc1ccc2c(c1)N(S(=O)(=O)c1ccc(C)cc1)C(=O)C2(C)C. The van der Waals surface area contributed by atoms with Crippen molar-refractivity contribution in [3.05, 3.63) is 53.6 Å². The first-order valence-electron chi connectivity index (χ1n) is 7.54. The number of ether oxygens (including phenoxy) is 1. The van der Waals surface area contributed by atoms with Gasteiger partial charge in [0.05, 0.1) is 23.1 Å². The molecule has 126 valence electrons. The summed E-state index contributed by atoms with van der Waals surface area (Å²) in [5.74, 6) is 0.0367. The van der Waals surface area contributed by atoms with Crippen molar-refractivity contribution in [1.82, 2.24) is 0 Å². The van der Waals surface area contributed by atoms with Crippen LogP contribution in [0.1, 0.15) is 25.0 Å². The smallest absolute Gasteiger partial charge is 0.270 e. The van der Waals surface area contributed by atoms with Gasteiger partial charge in [0.1, 0.15) is 5.75 Å². The van der Waals surface area contributed by atoms with Crippen LogP contribution in [0.2, 0.25) is 0 Å². The van der Waals surface area contributed by atoms with Crippen molar-refractivity contribution in [2.45, 2.75) is 31.1 Å². The summed E-state index contributed by atoms with van der Waals surface area (Å²) in [6.45, 7) is 5.33. The first kappa shape index (κ1) is 16.5. The molecule has 0 bridgehead atoms. The van der Waals surface area contributed by atoms with Crippen LogP contribution in [0.25, 0.3) is 0 Å².